The van der Waals surface area contributed by atoms with Crippen LogP contribution in [0.3, 0.4) is 0 Å². The third-order valence-corrected chi connectivity index (χ3v) is 3.83. The van der Waals surface area contributed by atoms with Gasteiger partial charge in [-0.3, -0.25) is 0 Å². The van der Waals surface area contributed by atoms with Crippen molar-refractivity contribution in [1.82, 2.24) is 0 Å². The van der Waals surface area contributed by atoms with Gasteiger partial charge in [0, 0.05) is 0 Å². The second-order valence-electron chi connectivity index (χ2n) is 5.50. The van der Waals surface area contributed by atoms with Crippen molar-refractivity contribution < 1.29 is 13.6 Å². The average molecular weight is 250 g/mol. The van der Waals surface area contributed by atoms with Crippen molar-refractivity contribution in [3.63, 3.8) is 0 Å². The Morgan fingerprint density at radius 3 is 1.80 bits per heavy atom. The first-order valence-corrected chi connectivity index (χ1v) is 12.2. The summed E-state index contributed by atoms with van der Waals surface area (Å²) in [6.07, 6.45) is 0. The molecule has 0 aliphatic rings. The third kappa shape index (κ3) is 5.99. The second kappa shape index (κ2) is 5.16. The van der Waals surface area contributed by atoms with E-state index in [0.29, 0.717) is 6.61 Å². The number of halogens is 1. The lowest BCUT2D eigenvalue weighted by atomic mass is 10.8. The van der Waals surface area contributed by atoms with Crippen molar-refractivity contribution in [1.29, 1.82) is 0 Å². The van der Waals surface area contributed by atoms with Crippen LogP contribution in [0.4, 0.5) is 4.39 Å². The Bertz CT molecular complexity index is 239. The van der Waals surface area contributed by atoms with Gasteiger partial charge in [-0.25, -0.2) is 4.39 Å². The summed E-state index contributed by atoms with van der Waals surface area (Å²) in [6.45, 7) is 14.2. The molecule has 15 heavy (non-hydrogen) atoms. The van der Waals surface area contributed by atoms with Crippen molar-refractivity contribution in [3.8, 4) is 0 Å². The molecule has 0 heterocycles. The molecule has 0 aliphatic heterocycles. The molecule has 0 bridgehead atoms. The van der Waals surface area contributed by atoms with Gasteiger partial charge < -0.3 is 9.16 Å². The molecule has 0 aromatic heterocycles. The second-order valence-corrected chi connectivity index (χ2v) is 14.9. The summed E-state index contributed by atoms with van der Waals surface area (Å²) >= 11 is 0. The Hall–Kier alpha value is -0.296. The molecule has 0 atom stereocenters. The molecule has 0 fully saturated rings. The van der Waals surface area contributed by atoms with Crippen LogP contribution >= 0.6 is 0 Å². The molecule has 90 valence electrons. The molecule has 0 saturated carbocycles. The fraction of sp³-hybridized carbons (Fsp3) is 0.800. The van der Waals surface area contributed by atoms with Crippen LogP contribution in [-0.2, 0) is 9.16 Å². The van der Waals surface area contributed by atoms with Crippen LogP contribution in [0.5, 0.6) is 0 Å². The van der Waals surface area contributed by atoms with Crippen LogP contribution in [0, 0.1) is 0 Å². The maximum Gasteiger partial charge on any atom is 0.293 e. The summed E-state index contributed by atoms with van der Waals surface area (Å²) in [7, 11) is -3.78. The van der Waals surface area contributed by atoms with Crippen molar-refractivity contribution in [3.05, 3.63) is 11.4 Å². The highest BCUT2D eigenvalue weighted by Gasteiger charge is 2.29. The Morgan fingerprint density at radius 1 is 1.07 bits per heavy atom. The van der Waals surface area contributed by atoms with Gasteiger partial charge in [-0.1, -0.05) is 19.6 Å². The number of hydrogen-bond acceptors (Lipinski definition) is 2. The zero-order chi connectivity index (χ0) is 12.3. The lowest BCUT2D eigenvalue weighted by Gasteiger charge is -2.24. The van der Waals surface area contributed by atoms with Crippen molar-refractivity contribution >= 4 is 16.4 Å². The van der Waals surface area contributed by atoms with E-state index in [0.717, 1.165) is 0 Å². The maximum atomic E-state index is 14.0. The van der Waals surface area contributed by atoms with E-state index >= 15 is 0 Å². The van der Waals surface area contributed by atoms with Gasteiger partial charge in [0.2, 0.25) is 8.32 Å². The fourth-order valence-corrected chi connectivity index (χ4v) is 2.40. The molecule has 0 spiro atoms. The summed E-state index contributed by atoms with van der Waals surface area (Å²) in [5, 5.41) is 0. The van der Waals surface area contributed by atoms with Gasteiger partial charge in [-0.2, -0.15) is 0 Å². The topological polar surface area (TPSA) is 18.5 Å². The van der Waals surface area contributed by atoms with Gasteiger partial charge in [-0.15, -0.1) is 0 Å². The summed E-state index contributed by atoms with van der Waals surface area (Å²) in [5.74, 6) is 0.135. The van der Waals surface area contributed by atoms with Crippen molar-refractivity contribution in [2.45, 2.75) is 46.2 Å². The molecular formula is C10H23FO2Si2. The van der Waals surface area contributed by atoms with Crippen molar-refractivity contribution in [2.24, 2.45) is 0 Å². The van der Waals surface area contributed by atoms with Crippen LogP contribution in [0.15, 0.2) is 11.4 Å². The molecule has 0 saturated heterocycles. The van der Waals surface area contributed by atoms with E-state index in [-0.39, 0.29) is 11.4 Å². The van der Waals surface area contributed by atoms with E-state index in [4.69, 9.17) is 9.16 Å². The van der Waals surface area contributed by atoms with E-state index in [2.05, 4.69) is 0 Å². The number of rotatable bonds is 5. The summed E-state index contributed by atoms with van der Waals surface area (Å²) in [4.78, 5) is 0. The highest BCUT2D eigenvalue weighted by atomic mass is 28.4. The van der Waals surface area contributed by atoms with Gasteiger partial charge >= 0.3 is 0 Å². The SMILES string of the molecule is CCO/C(O[Si](C)(C)C)=C(\F)[Si](C)(C)C. The van der Waals surface area contributed by atoms with E-state index < -0.39 is 16.4 Å². The van der Waals surface area contributed by atoms with E-state index in [1.807, 2.05) is 46.2 Å². The predicted molar refractivity (Wildman–Crippen MR) is 67.5 cm³/mol. The van der Waals surface area contributed by atoms with Crippen LogP contribution in [0.1, 0.15) is 6.92 Å². The molecule has 5 heteroatoms. The van der Waals surface area contributed by atoms with Crippen molar-refractivity contribution in [2.75, 3.05) is 6.61 Å². The first-order chi connectivity index (χ1) is 6.58. The molecule has 0 aromatic carbocycles. The minimum Gasteiger partial charge on any atom is -0.518 e. The van der Waals surface area contributed by atoms with Crippen LogP contribution in [-0.4, -0.2) is 23.0 Å². The highest BCUT2D eigenvalue weighted by molar-refractivity contribution is 6.82. The first kappa shape index (κ1) is 14.7. The molecule has 0 aromatic rings. The van der Waals surface area contributed by atoms with Gasteiger partial charge in [-0.05, 0) is 26.6 Å². The Morgan fingerprint density at radius 2 is 1.53 bits per heavy atom. The standard InChI is InChI=1S/C10H23FO2Si2/c1-8-12-10(13-15(5,6)7)9(11)14(2,3)4/h8H2,1-7H3/b10-9-. The summed E-state index contributed by atoms with van der Waals surface area (Å²) < 4.78 is 24.9. The highest BCUT2D eigenvalue weighted by Crippen LogP contribution is 2.24. The smallest absolute Gasteiger partial charge is 0.293 e. The van der Waals surface area contributed by atoms with E-state index in [1.165, 1.54) is 0 Å². The average Bonchev–Trinajstić information content (AvgIpc) is 1.98. The predicted octanol–water partition coefficient (Wildman–Crippen LogP) is 3.89. The van der Waals surface area contributed by atoms with Gasteiger partial charge in [0.25, 0.3) is 5.95 Å². The van der Waals surface area contributed by atoms with Gasteiger partial charge in [0.1, 0.15) is 8.07 Å². The minimum atomic E-state index is -1.98. The Kier molecular flexibility index (Phi) is 5.06. The molecule has 0 N–H and O–H groups in total. The Labute approximate surface area is 94.6 Å². The number of ether oxygens (including phenoxy) is 1. The van der Waals surface area contributed by atoms with Crippen LogP contribution in [0.2, 0.25) is 39.3 Å². The minimum absolute atomic E-state index is 0.135. The zero-order valence-electron chi connectivity index (χ0n) is 10.9. The van der Waals surface area contributed by atoms with Gasteiger partial charge in [0.05, 0.1) is 6.61 Å². The lowest BCUT2D eigenvalue weighted by Crippen LogP contribution is -2.30. The first-order valence-electron chi connectivity index (χ1n) is 5.30. The molecule has 0 rings (SSSR count). The third-order valence-electron chi connectivity index (χ3n) is 1.51. The molecule has 0 aliphatic carbocycles. The quantitative estimate of drug-likeness (QED) is 0.544. The largest absolute Gasteiger partial charge is 0.518 e. The summed E-state index contributed by atoms with van der Waals surface area (Å²) in [6, 6.07) is 0. The van der Waals surface area contributed by atoms with E-state index in [1.54, 1.807) is 0 Å². The number of hydrogen-bond donors (Lipinski definition) is 0. The van der Waals surface area contributed by atoms with E-state index in [9.17, 15) is 4.39 Å². The zero-order valence-corrected chi connectivity index (χ0v) is 12.9. The molecule has 0 amide bonds. The van der Waals surface area contributed by atoms with Crippen LogP contribution in [0.25, 0.3) is 0 Å². The normalized spacial score (nSPS) is 14.7. The molecule has 0 radical (unpaired) electrons. The molecule has 0 unspecified atom stereocenters. The lowest BCUT2D eigenvalue weighted by molar-refractivity contribution is 0.103. The van der Waals surface area contributed by atoms with Crippen LogP contribution < -0.4 is 0 Å². The fourth-order valence-electron chi connectivity index (χ4n) is 0.853. The maximum absolute atomic E-state index is 14.0. The molecule has 2 nitrogen and oxygen atoms in total. The monoisotopic (exact) mass is 250 g/mol. The summed E-state index contributed by atoms with van der Waals surface area (Å²) in [5.41, 5.74) is -0.174. The molecular weight excluding hydrogens is 227 g/mol. The van der Waals surface area contributed by atoms with Gasteiger partial charge in [0.15, 0.2) is 5.45 Å². The Balaban J connectivity index is 4.95.